The summed E-state index contributed by atoms with van der Waals surface area (Å²) in [5.41, 5.74) is 0.326. The van der Waals surface area contributed by atoms with Crippen LogP contribution in [0.15, 0.2) is 23.4 Å². The third-order valence-electron chi connectivity index (χ3n) is 2.63. The first kappa shape index (κ1) is 16.2. The number of methoxy groups -OCH3 is 1. The molecule has 6 nitrogen and oxygen atoms in total. The van der Waals surface area contributed by atoms with Gasteiger partial charge in [0.15, 0.2) is 5.82 Å². The molecule has 0 amide bonds. The molecule has 2 rings (SSSR count). The van der Waals surface area contributed by atoms with Gasteiger partial charge in [0.05, 0.1) is 18.2 Å². The van der Waals surface area contributed by atoms with Crippen LogP contribution in [-0.4, -0.2) is 36.9 Å². The summed E-state index contributed by atoms with van der Waals surface area (Å²) < 4.78 is 42.7. The van der Waals surface area contributed by atoms with E-state index in [-0.39, 0.29) is 24.0 Å². The Morgan fingerprint density at radius 1 is 1.38 bits per heavy atom. The number of nitrogens with zero attached hydrogens (tertiary/aromatic N) is 3. The molecule has 0 saturated heterocycles. The molecule has 0 bridgehead atoms. The van der Waals surface area contributed by atoms with Gasteiger partial charge in [0.1, 0.15) is 5.82 Å². The van der Waals surface area contributed by atoms with Crippen molar-refractivity contribution in [2.24, 2.45) is 0 Å². The molecule has 1 heterocycles. The summed E-state index contributed by atoms with van der Waals surface area (Å²) in [5, 5.41) is 6.84. The largest absolute Gasteiger partial charge is 0.383 e. The van der Waals surface area contributed by atoms with E-state index >= 15 is 0 Å². The standard InChI is InChI=1S/C11H10Cl2FN3O3S/c1-20-5-4-17-10(15-16-11(17)21(13,18)19)7-2-3-8(12)9(14)6-7/h2-3,6H,4-5H2,1H3. The van der Waals surface area contributed by atoms with Crippen LogP contribution >= 0.6 is 22.3 Å². The van der Waals surface area contributed by atoms with E-state index in [1.165, 1.54) is 23.8 Å². The Morgan fingerprint density at radius 2 is 2.10 bits per heavy atom. The predicted octanol–water partition coefficient (Wildman–Crippen LogP) is 2.31. The molecule has 0 aliphatic heterocycles. The molecule has 0 aliphatic rings. The fourth-order valence-corrected chi connectivity index (χ4v) is 2.74. The maximum Gasteiger partial charge on any atom is 0.296 e. The number of rotatable bonds is 5. The molecule has 1 aromatic heterocycles. The van der Waals surface area contributed by atoms with Gasteiger partial charge in [-0.1, -0.05) is 11.6 Å². The van der Waals surface area contributed by atoms with Crippen LogP contribution in [0, 0.1) is 5.82 Å². The minimum Gasteiger partial charge on any atom is -0.383 e. The van der Waals surface area contributed by atoms with Gasteiger partial charge in [-0.2, -0.15) is 0 Å². The highest BCUT2D eigenvalue weighted by Crippen LogP contribution is 2.25. The van der Waals surface area contributed by atoms with Crippen LogP contribution in [0.4, 0.5) is 4.39 Å². The highest BCUT2D eigenvalue weighted by atomic mass is 35.7. The molecule has 1 aromatic carbocycles. The molecule has 10 heteroatoms. The lowest BCUT2D eigenvalue weighted by atomic mass is 10.2. The fourth-order valence-electron chi connectivity index (χ4n) is 1.70. The first-order chi connectivity index (χ1) is 9.84. The summed E-state index contributed by atoms with van der Waals surface area (Å²) in [4.78, 5) is 0. The van der Waals surface area contributed by atoms with E-state index < -0.39 is 20.0 Å². The molecular formula is C11H10Cl2FN3O3S. The topological polar surface area (TPSA) is 74.1 Å². The van der Waals surface area contributed by atoms with E-state index in [1.807, 2.05) is 0 Å². The number of aromatic nitrogens is 3. The van der Waals surface area contributed by atoms with Crippen LogP contribution in [-0.2, 0) is 20.3 Å². The molecule has 0 unspecified atom stereocenters. The van der Waals surface area contributed by atoms with Crippen molar-refractivity contribution in [2.45, 2.75) is 11.7 Å². The molecule has 0 aliphatic carbocycles. The third kappa shape index (κ3) is 3.52. The number of ether oxygens (including phenoxy) is 1. The van der Waals surface area contributed by atoms with Crippen molar-refractivity contribution in [1.29, 1.82) is 0 Å². The van der Waals surface area contributed by atoms with E-state index in [4.69, 9.17) is 27.0 Å². The summed E-state index contributed by atoms with van der Waals surface area (Å²) in [7, 11) is 2.69. The van der Waals surface area contributed by atoms with E-state index in [9.17, 15) is 12.8 Å². The van der Waals surface area contributed by atoms with Crippen molar-refractivity contribution >= 4 is 31.3 Å². The monoisotopic (exact) mass is 353 g/mol. The summed E-state index contributed by atoms with van der Waals surface area (Å²) in [6.07, 6.45) is 0. The smallest absolute Gasteiger partial charge is 0.296 e. The zero-order chi connectivity index (χ0) is 15.6. The van der Waals surface area contributed by atoms with Gasteiger partial charge in [0, 0.05) is 23.4 Å². The number of hydrogen-bond acceptors (Lipinski definition) is 5. The summed E-state index contributed by atoms with van der Waals surface area (Å²) in [6, 6.07) is 3.99. The van der Waals surface area contributed by atoms with E-state index in [2.05, 4.69) is 10.2 Å². The molecule has 0 atom stereocenters. The van der Waals surface area contributed by atoms with Gasteiger partial charge in [0.25, 0.3) is 14.2 Å². The Kier molecular flexibility index (Phi) is 4.82. The van der Waals surface area contributed by atoms with Crippen molar-refractivity contribution in [3.63, 3.8) is 0 Å². The van der Waals surface area contributed by atoms with Crippen LogP contribution in [0.3, 0.4) is 0 Å². The molecule has 0 N–H and O–H groups in total. The third-order valence-corrected chi connectivity index (χ3v) is 4.09. The Bertz CT molecular complexity index is 764. The van der Waals surface area contributed by atoms with Crippen molar-refractivity contribution in [1.82, 2.24) is 14.8 Å². The fraction of sp³-hybridized carbons (Fsp3) is 0.273. The molecule has 0 saturated carbocycles. The quantitative estimate of drug-likeness (QED) is 0.771. The number of halogens is 3. The molecule has 0 radical (unpaired) electrons. The second kappa shape index (κ2) is 6.27. The van der Waals surface area contributed by atoms with Crippen molar-refractivity contribution in [3.05, 3.63) is 29.0 Å². The zero-order valence-electron chi connectivity index (χ0n) is 10.8. The van der Waals surface area contributed by atoms with E-state index in [0.29, 0.717) is 5.56 Å². The molecular weight excluding hydrogens is 344 g/mol. The molecule has 0 spiro atoms. The van der Waals surface area contributed by atoms with Crippen LogP contribution < -0.4 is 0 Å². The van der Waals surface area contributed by atoms with Crippen molar-refractivity contribution in [2.75, 3.05) is 13.7 Å². The zero-order valence-corrected chi connectivity index (χ0v) is 13.1. The lowest BCUT2D eigenvalue weighted by Gasteiger charge is -2.08. The molecule has 0 fully saturated rings. The number of benzene rings is 1. The second-order valence-electron chi connectivity index (χ2n) is 4.02. The van der Waals surface area contributed by atoms with Crippen LogP contribution in [0.1, 0.15) is 0 Å². The molecule has 21 heavy (non-hydrogen) atoms. The minimum absolute atomic E-state index is 0.0492. The maximum atomic E-state index is 13.5. The first-order valence-corrected chi connectivity index (χ1v) is 8.35. The van der Waals surface area contributed by atoms with Crippen molar-refractivity contribution in [3.8, 4) is 11.4 Å². The Balaban J connectivity index is 2.57. The predicted molar refractivity (Wildman–Crippen MR) is 75.3 cm³/mol. The van der Waals surface area contributed by atoms with Gasteiger partial charge in [-0.3, -0.25) is 4.57 Å². The van der Waals surface area contributed by atoms with Crippen LogP contribution in [0.2, 0.25) is 5.02 Å². The minimum atomic E-state index is -4.08. The van der Waals surface area contributed by atoms with Crippen molar-refractivity contribution < 1.29 is 17.5 Å². The lowest BCUT2D eigenvalue weighted by molar-refractivity contribution is 0.185. The number of hydrogen-bond donors (Lipinski definition) is 0. The maximum absolute atomic E-state index is 13.5. The van der Waals surface area contributed by atoms with Gasteiger partial charge in [-0.25, -0.2) is 12.8 Å². The summed E-state index contributed by atoms with van der Waals surface area (Å²) in [5.74, 6) is -0.493. The highest BCUT2D eigenvalue weighted by molar-refractivity contribution is 8.13. The average Bonchev–Trinajstić information content (AvgIpc) is 2.83. The van der Waals surface area contributed by atoms with E-state index in [0.717, 1.165) is 6.07 Å². The van der Waals surface area contributed by atoms with E-state index in [1.54, 1.807) is 0 Å². The summed E-state index contributed by atoms with van der Waals surface area (Å²) in [6.45, 7) is 0.352. The van der Waals surface area contributed by atoms with Gasteiger partial charge in [0.2, 0.25) is 0 Å². The normalized spacial score (nSPS) is 11.8. The Hall–Kier alpha value is -1.22. The van der Waals surface area contributed by atoms with Gasteiger partial charge >= 0.3 is 0 Å². The SMILES string of the molecule is COCCn1c(-c2ccc(Cl)c(F)c2)nnc1S(=O)(=O)Cl. The second-order valence-corrected chi connectivity index (χ2v) is 6.88. The van der Waals surface area contributed by atoms with Crippen LogP contribution in [0.25, 0.3) is 11.4 Å². The Labute approximate surface area is 129 Å². The molecule has 2 aromatic rings. The van der Waals surface area contributed by atoms with Gasteiger partial charge in [-0.15, -0.1) is 10.2 Å². The highest BCUT2D eigenvalue weighted by Gasteiger charge is 2.23. The summed E-state index contributed by atoms with van der Waals surface area (Å²) >= 11 is 5.61. The molecule has 114 valence electrons. The van der Waals surface area contributed by atoms with Gasteiger partial charge in [-0.05, 0) is 18.2 Å². The lowest BCUT2D eigenvalue weighted by Crippen LogP contribution is -2.11. The van der Waals surface area contributed by atoms with Crippen LogP contribution in [0.5, 0.6) is 0 Å². The average molecular weight is 354 g/mol. The van der Waals surface area contributed by atoms with Gasteiger partial charge < -0.3 is 4.74 Å². The Morgan fingerprint density at radius 3 is 2.67 bits per heavy atom. The first-order valence-electron chi connectivity index (χ1n) is 5.67.